The summed E-state index contributed by atoms with van der Waals surface area (Å²) in [5.74, 6) is 0.859. The first-order valence-corrected chi connectivity index (χ1v) is 9.07. The quantitative estimate of drug-likeness (QED) is 0.341. The second-order valence-electron chi connectivity index (χ2n) is 5.86. The Kier molecular flexibility index (Phi) is 7.65. The first-order chi connectivity index (χ1) is 12.2. The zero-order valence-corrected chi connectivity index (χ0v) is 18.4. The molecule has 2 aromatic heterocycles. The predicted octanol–water partition coefficient (Wildman–Crippen LogP) is 3.97. The molecule has 0 spiro atoms. The molecule has 1 aromatic carbocycles. The number of rotatable bonds is 5. The molecule has 7 heteroatoms. The van der Waals surface area contributed by atoms with Crippen molar-refractivity contribution in [1.29, 1.82) is 0 Å². The number of benzene rings is 1. The molecule has 0 aliphatic heterocycles. The third kappa shape index (κ3) is 5.07. The van der Waals surface area contributed by atoms with Crippen molar-refractivity contribution in [3.63, 3.8) is 0 Å². The Bertz CT molecular complexity index is 841. The smallest absolute Gasteiger partial charge is 0.194 e. The van der Waals surface area contributed by atoms with Gasteiger partial charge in [-0.15, -0.1) is 35.3 Å². The van der Waals surface area contributed by atoms with Crippen LogP contribution in [0.25, 0.3) is 11.3 Å². The minimum Gasteiger partial charge on any atom is -0.353 e. The molecule has 3 aromatic rings. The van der Waals surface area contributed by atoms with E-state index in [1.807, 2.05) is 25.2 Å². The SMILES string of the molecule is CN=C(NCc1nc(-c2ccccc2)cs1)N(C)Cc1cccn1C.I. The molecule has 0 fully saturated rings. The molecule has 1 N–H and O–H groups in total. The minimum absolute atomic E-state index is 0. The minimum atomic E-state index is 0. The molecule has 3 rings (SSSR count). The summed E-state index contributed by atoms with van der Waals surface area (Å²) in [7, 11) is 5.90. The lowest BCUT2D eigenvalue weighted by molar-refractivity contribution is 0.461. The summed E-state index contributed by atoms with van der Waals surface area (Å²) < 4.78 is 2.12. The fraction of sp³-hybridized carbons (Fsp3) is 0.263. The van der Waals surface area contributed by atoms with E-state index >= 15 is 0 Å². The molecule has 0 saturated heterocycles. The highest BCUT2D eigenvalue weighted by molar-refractivity contribution is 14.0. The number of hydrogen-bond acceptors (Lipinski definition) is 3. The van der Waals surface area contributed by atoms with Gasteiger partial charge in [0.25, 0.3) is 0 Å². The summed E-state index contributed by atoms with van der Waals surface area (Å²) >= 11 is 1.67. The van der Waals surface area contributed by atoms with Gasteiger partial charge in [0.1, 0.15) is 5.01 Å². The van der Waals surface area contributed by atoms with Crippen LogP contribution in [-0.4, -0.2) is 34.5 Å². The van der Waals surface area contributed by atoms with Crippen LogP contribution < -0.4 is 5.32 Å². The van der Waals surface area contributed by atoms with Gasteiger partial charge in [-0.2, -0.15) is 0 Å². The number of aromatic nitrogens is 2. The van der Waals surface area contributed by atoms with E-state index in [9.17, 15) is 0 Å². The van der Waals surface area contributed by atoms with Crippen molar-refractivity contribution in [2.45, 2.75) is 13.1 Å². The zero-order valence-electron chi connectivity index (χ0n) is 15.2. The summed E-state index contributed by atoms with van der Waals surface area (Å²) in [6.07, 6.45) is 2.06. The monoisotopic (exact) mass is 481 g/mol. The van der Waals surface area contributed by atoms with E-state index in [-0.39, 0.29) is 24.0 Å². The van der Waals surface area contributed by atoms with Crippen molar-refractivity contribution in [2.24, 2.45) is 12.0 Å². The Morgan fingerprint density at radius 3 is 2.65 bits per heavy atom. The molecule has 0 saturated carbocycles. The van der Waals surface area contributed by atoms with Crippen LogP contribution in [0.4, 0.5) is 0 Å². The largest absolute Gasteiger partial charge is 0.353 e. The summed E-state index contributed by atoms with van der Waals surface area (Å²) in [6.45, 7) is 1.47. The topological polar surface area (TPSA) is 45.5 Å². The van der Waals surface area contributed by atoms with Gasteiger partial charge in [-0.25, -0.2) is 4.98 Å². The Balaban J connectivity index is 0.00000243. The number of aliphatic imine (C=N–C) groups is 1. The van der Waals surface area contributed by atoms with Gasteiger partial charge < -0.3 is 14.8 Å². The van der Waals surface area contributed by atoms with Crippen LogP contribution in [0.2, 0.25) is 0 Å². The van der Waals surface area contributed by atoms with E-state index in [1.165, 1.54) is 5.69 Å². The van der Waals surface area contributed by atoms with Crippen LogP contribution in [0.3, 0.4) is 0 Å². The molecule has 0 amide bonds. The van der Waals surface area contributed by atoms with E-state index in [4.69, 9.17) is 4.98 Å². The number of aryl methyl sites for hydroxylation is 1. The highest BCUT2D eigenvalue weighted by atomic mass is 127. The number of hydrogen-bond donors (Lipinski definition) is 1. The van der Waals surface area contributed by atoms with E-state index < -0.39 is 0 Å². The van der Waals surface area contributed by atoms with Crippen molar-refractivity contribution in [3.8, 4) is 11.3 Å². The van der Waals surface area contributed by atoms with E-state index in [2.05, 4.69) is 62.7 Å². The van der Waals surface area contributed by atoms with Crippen molar-refractivity contribution < 1.29 is 0 Å². The lowest BCUT2D eigenvalue weighted by Crippen LogP contribution is -2.38. The highest BCUT2D eigenvalue weighted by Gasteiger charge is 2.10. The van der Waals surface area contributed by atoms with E-state index in [0.29, 0.717) is 6.54 Å². The summed E-state index contributed by atoms with van der Waals surface area (Å²) in [5.41, 5.74) is 3.41. The molecule has 0 bridgehead atoms. The van der Waals surface area contributed by atoms with Crippen molar-refractivity contribution in [1.82, 2.24) is 19.8 Å². The highest BCUT2D eigenvalue weighted by Crippen LogP contribution is 2.21. The lowest BCUT2D eigenvalue weighted by atomic mass is 10.2. The Labute approximate surface area is 175 Å². The lowest BCUT2D eigenvalue weighted by Gasteiger charge is -2.22. The van der Waals surface area contributed by atoms with Gasteiger partial charge in [-0.05, 0) is 12.1 Å². The molecule has 0 atom stereocenters. The second kappa shape index (κ2) is 9.72. The third-order valence-corrected chi connectivity index (χ3v) is 4.89. The van der Waals surface area contributed by atoms with Gasteiger partial charge in [0, 0.05) is 44.0 Å². The van der Waals surface area contributed by atoms with Crippen LogP contribution in [0.1, 0.15) is 10.7 Å². The summed E-state index contributed by atoms with van der Waals surface area (Å²) in [4.78, 5) is 11.2. The van der Waals surface area contributed by atoms with Crippen LogP contribution in [0, 0.1) is 0 Å². The number of halogens is 1. The van der Waals surface area contributed by atoms with Gasteiger partial charge in [-0.1, -0.05) is 30.3 Å². The van der Waals surface area contributed by atoms with E-state index in [1.54, 1.807) is 18.4 Å². The summed E-state index contributed by atoms with van der Waals surface area (Å²) in [5, 5.41) is 6.55. The molecular formula is C19H24IN5S. The molecule has 0 aliphatic rings. The normalized spacial score (nSPS) is 11.1. The number of nitrogens with one attached hydrogen (secondary N) is 1. The van der Waals surface area contributed by atoms with Gasteiger partial charge in [0.2, 0.25) is 0 Å². The molecule has 0 radical (unpaired) electrons. The number of thiazole rings is 1. The van der Waals surface area contributed by atoms with Crippen LogP contribution in [-0.2, 0) is 20.1 Å². The van der Waals surface area contributed by atoms with Crippen LogP contribution >= 0.6 is 35.3 Å². The van der Waals surface area contributed by atoms with Gasteiger partial charge in [0.05, 0.1) is 18.8 Å². The van der Waals surface area contributed by atoms with Crippen LogP contribution in [0.15, 0.2) is 59.0 Å². The Morgan fingerprint density at radius 1 is 1.23 bits per heavy atom. The van der Waals surface area contributed by atoms with Crippen LogP contribution in [0.5, 0.6) is 0 Å². The molecular weight excluding hydrogens is 457 g/mol. The first-order valence-electron chi connectivity index (χ1n) is 8.19. The Hall–Kier alpha value is -1.87. The first kappa shape index (κ1) is 20.4. The fourth-order valence-corrected chi connectivity index (χ4v) is 3.39. The number of guanidine groups is 1. The number of nitrogens with zero attached hydrogens (tertiary/aromatic N) is 4. The Morgan fingerprint density at radius 2 is 2.00 bits per heavy atom. The molecule has 2 heterocycles. The van der Waals surface area contributed by atoms with Gasteiger partial charge in [-0.3, -0.25) is 4.99 Å². The molecule has 138 valence electrons. The average Bonchev–Trinajstić information content (AvgIpc) is 3.26. The maximum atomic E-state index is 4.71. The zero-order chi connectivity index (χ0) is 17.6. The molecule has 26 heavy (non-hydrogen) atoms. The van der Waals surface area contributed by atoms with Gasteiger partial charge >= 0.3 is 0 Å². The van der Waals surface area contributed by atoms with E-state index in [0.717, 1.165) is 28.8 Å². The van der Waals surface area contributed by atoms with Crippen molar-refractivity contribution in [2.75, 3.05) is 14.1 Å². The average molecular weight is 481 g/mol. The maximum absolute atomic E-state index is 4.71. The van der Waals surface area contributed by atoms with Crippen molar-refractivity contribution >= 4 is 41.3 Å². The molecule has 5 nitrogen and oxygen atoms in total. The second-order valence-corrected chi connectivity index (χ2v) is 6.80. The standard InChI is InChI=1S/C19H23N5S.HI/c1-20-19(24(3)13-16-10-7-11-23(16)2)21-12-18-22-17(14-25-18)15-8-5-4-6-9-15;/h4-11,14H,12-13H2,1-3H3,(H,20,21);1H. The van der Waals surface area contributed by atoms with Crippen molar-refractivity contribution in [3.05, 3.63) is 64.7 Å². The fourth-order valence-electron chi connectivity index (χ4n) is 2.65. The third-order valence-electron chi connectivity index (χ3n) is 4.04. The molecule has 0 aliphatic carbocycles. The molecule has 0 unspecified atom stereocenters. The predicted molar refractivity (Wildman–Crippen MR) is 120 cm³/mol. The van der Waals surface area contributed by atoms with Gasteiger partial charge in [0.15, 0.2) is 5.96 Å². The summed E-state index contributed by atoms with van der Waals surface area (Å²) in [6, 6.07) is 14.4. The maximum Gasteiger partial charge on any atom is 0.194 e.